The molecule has 96 valence electrons. The summed E-state index contributed by atoms with van der Waals surface area (Å²) in [5, 5.41) is 0. The van der Waals surface area contributed by atoms with E-state index in [9.17, 15) is 0 Å². The van der Waals surface area contributed by atoms with Gasteiger partial charge in [-0.25, -0.2) is 0 Å². The minimum atomic E-state index is 0. The van der Waals surface area contributed by atoms with E-state index in [1.54, 1.807) is 0 Å². The first-order valence-corrected chi connectivity index (χ1v) is 6.54. The first kappa shape index (κ1) is 14.5. The second-order valence-electron chi connectivity index (χ2n) is 5.13. The van der Waals surface area contributed by atoms with E-state index in [0.717, 1.165) is 5.92 Å². The molecule has 0 N–H and O–H groups in total. The molecule has 0 amide bonds. The molecular weight excluding hydrogens is 251 g/mol. The van der Waals surface area contributed by atoms with Crippen molar-refractivity contribution in [2.75, 3.05) is 0 Å². The van der Waals surface area contributed by atoms with Crippen LogP contribution in [-0.4, -0.2) is 0 Å². The maximum absolute atomic E-state index is 2.39. The van der Waals surface area contributed by atoms with Crippen LogP contribution in [0.15, 0.2) is 48.6 Å². The maximum Gasteiger partial charge on any atom is 0 e. The summed E-state index contributed by atoms with van der Waals surface area (Å²) in [6.07, 6.45) is 23.3. The summed E-state index contributed by atoms with van der Waals surface area (Å²) in [5.74, 6) is 2.30. The average Bonchev–Trinajstić information content (AvgIpc) is 2.96. The number of hydrogen-bond donors (Lipinski definition) is 0. The Kier molecular flexibility index (Phi) is 6.59. The molecule has 0 heterocycles. The van der Waals surface area contributed by atoms with Crippen LogP contribution in [0.4, 0.5) is 0 Å². The molecule has 1 heteroatoms. The minimum Gasteiger partial charge on any atom is -0.0776 e. The van der Waals surface area contributed by atoms with Gasteiger partial charge in [-0.2, -0.15) is 0 Å². The van der Waals surface area contributed by atoms with Crippen LogP contribution in [0.1, 0.15) is 32.6 Å². The fourth-order valence-electron chi connectivity index (χ4n) is 2.44. The molecule has 0 unspecified atom stereocenters. The van der Waals surface area contributed by atoms with Gasteiger partial charge in [-0.1, -0.05) is 55.5 Å². The average molecular weight is 273 g/mol. The van der Waals surface area contributed by atoms with Gasteiger partial charge in [0.2, 0.25) is 0 Å². The molecule has 0 aromatic carbocycles. The van der Waals surface area contributed by atoms with Crippen molar-refractivity contribution in [2.45, 2.75) is 32.6 Å². The van der Waals surface area contributed by atoms with E-state index in [0.29, 0.717) is 11.8 Å². The Bertz CT molecular complexity index is 266. The SMILES string of the molecule is CC(CCC1C=CC=C1)CCC1C=CC=C1.[Ni]. The molecule has 2 rings (SSSR count). The van der Waals surface area contributed by atoms with Crippen molar-refractivity contribution in [3.8, 4) is 0 Å². The van der Waals surface area contributed by atoms with Crippen LogP contribution < -0.4 is 0 Å². The molecule has 0 fully saturated rings. The second kappa shape index (κ2) is 7.72. The van der Waals surface area contributed by atoms with Gasteiger partial charge in [0.05, 0.1) is 0 Å². The summed E-state index contributed by atoms with van der Waals surface area (Å²) < 4.78 is 0. The van der Waals surface area contributed by atoms with E-state index in [1.807, 2.05) is 0 Å². The van der Waals surface area contributed by atoms with Crippen LogP contribution in [0.3, 0.4) is 0 Å². The van der Waals surface area contributed by atoms with Crippen molar-refractivity contribution >= 4 is 0 Å². The number of hydrogen-bond acceptors (Lipinski definition) is 0. The molecule has 0 bridgehead atoms. The van der Waals surface area contributed by atoms with Crippen LogP contribution in [0, 0.1) is 17.8 Å². The largest absolute Gasteiger partial charge is 0.0776 e. The van der Waals surface area contributed by atoms with Gasteiger partial charge in [-0.15, -0.1) is 0 Å². The Morgan fingerprint density at radius 2 is 1.12 bits per heavy atom. The molecule has 2 aliphatic rings. The molecule has 0 aromatic heterocycles. The smallest absolute Gasteiger partial charge is 0 e. The van der Waals surface area contributed by atoms with Gasteiger partial charge in [0, 0.05) is 16.5 Å². The van der Waals surface area contributed by atoms with Crippen LogP contribution in [-0.2, 0) is 16.5 Å². The fraction of sp³-hybridized carbons (Fsp3) is 0.500. The molecule has 0 saturated heterocycles. The van der Waals surface area contributed by atoms with Gasteiger partial charge in [-0.05, 0) is 43.4 Å². The van der Waals surface area contributed by atoms with Crippen LogP contribution >= 0.6 is 0 Å². The molecule has 0 nitrogen and oxygen atoms in total. The first-order valence-electron chi connectivity index (χ1n) is 6.54. The third-order valence-electron chi connectivity index (χ3n) is 3.64. The molecule has 2 aliphatic carbocycles. The second-order valence-corrected chi connectivity index (χ2v) is 5.13. The predicted molar refractivity (Wildman–Crippen MR) is 71.2 cm³/mol. The zero-order chi connectivity index (χ0) is 11.2. The topological polar surface area (TPSA) is 0 Å². The van der Waals surface area contributed by atoms with E-state index in [2.05, 4.69) is 55.5 Å². The number of allylic oxidation sites excluding steroid dienone is 8. The Morgan fingerprint density at radius 3 is 1.47 bits per heavy atom. The van der Waals surface area contributed by atoms with E-state index in [1.165, 1.54) is 25.7 Å². The van der Waals surface area contributed by atoms with Gasteiger partial charge >= 0.3 is 0 Å². The normalized spacial score (nSPS) is 18.5. The Labute approximate surface area is 115 Å². The Balaban J connectivity index is 0.00000144. The predicted octanol–water partition coefficient (Wildman–Crippen LogP) is 4.66. The molecule has 0 saturated carbocycles. The summed E-state index contributed by atoms with van der Waals surface area (Å²) in [7, 11) is 0. The Hall–Kier alpha value is -0.546. The molecule has 0 radical (unpaired) electrons. The van der Waals surface area contributed by atoms with Crippen molar-refractivity contribution in [3.63, 3.8) is 0 Å². The van der Waals surface area contributed by atoms with Gasteiger partial charge in [-0.3, -0.25) is 0 Å². The third-order valence-corrected chi connectivity index (χ3v) is 3.64. The summed E-state index contributed by atoms with van der Waals surface area (Å²) in [5.41, 5.74) is 0. The Morgan fingerprint density at radius 1 is 0.765 bits per heavy atom. The van der Waals surface area contributed by atoms with Gasteiger partial charge in [0.25, 0.3) is 0 Å². The molecule has 0 aromatic rings. The summed E-state index contributed by atoms with van der Waals surface area (Å²) in [6.45, 7) is 2.39. The van der Waals surface area contributed by atoms with E-state index in [4.69, 9.17) is 0 Å². The van der Waals surface area contributed by atoms with Gasteiger partial charge in [0.1, 0.15) is 0 Å². The van der Waals surface area contributed by atoms with Crippen LogP contribution in [0.2, 0.25) is 0 Å². The molecular formula is C16H22Ni. The van der Waals surface area contributed by atoms with Crippen LogP contribution in [0.25, 0.3) is 0 Å². The van der Waals surface area contributed by atoms with Gasteiger partial charge < -0.3 is 0 Å². The summed E-state index contributed by atoms with van der Waals surface area (Å²) in [4.78, 5) is 0. The standard InChI is InChI=1S/C16H22.Ni/c1-14(10-12-15-6-2-3-7-15)11-13-16-8-4-5-9-16;/h2-9,14-16H,10-13H2,1H3;. The quantitative estimate of drug-likeness (QED) is 0.617. The van der Waals surface area contributed by atoms with E-state index >= 15 is 0 Å². The molecule has 0 spiro atoms. The number of rotatable bonds is 6. The third kappa shape index (κ3) is 5.08. The van der Waals surface area contributed by atoms with Crippen LogP contribution in [0.5, 0.6) is 0 Å². The van der Waals surface area contributed by atoms with E-state index in [-0.39, 0.29) is 16.5 Å². The van der Waals surface area contributed by atoms with E-state index < -0.39 is 0 Å². The zero-order valence-corrected chi connectivity index (χ0v) is 11.5. The minimum absolute atomic E-state index is 0. The van der Waals surface area contributed by atoms with Crippen molar-refractivity contribution in [2.24, 2.45) is 17.8 Å². The van der Waals surface area contributed by atoms with Crippen molar-refractivity contribution in [1.82, 2.24) is 0 Å². The molecule has 17 heavy (non-hydrogen) atoms. The fourth-order valence-corrected chi connectivity index (χ4v) is 2.44. The summed E-state index contributed by atoms with van der Waals surface area (Å²) in [6, 6.07) is 0. The summed E-state index contributed by atoms with van der Waals surface area (Å²) >= 11 is 0. The molecule has 0 atom stereocenters. The monoisotopic (exact) mass is 272 g/mol. The van der Waals surface area contributed by atoms with Crippen molar-refractivity contribution in [1.29, 1.82) is 0 Å². The zero-order valence-electron chi connectivity index (χ0n) is 10.5. The molecule has 0 aliphatic heterocycles. The first-order chi connectivity index (χ1) is 7.84. The van der Waals surface area contributed by atoms with Gasteiger partial charge in [0.15, 0.2) is 0 Å². The van der Waals surface area contributed by atoms with Crippen molar-refractivity contribution < 1.29 is 16.5 Å². The maximum atomic E-state index is 2.39. The van der Waals surface area contributed by atoms with Crippen molar-refractivity contribution in [3.05, 3.63) is 48.6 Å².